The summed E-state index contributed by atoms with van der Waals surface area (Å²) in [4.78, 5) is 0. The van der Waals surface area contributed by atoms with Crippen LogP contribution in [0.2, 0.25) is 5.02 Å². The number of hydrogen-bond acceptors (Lipinski definition) is 0. The molecule has 1 aromatic carbocycles. The third-order valence-corrected chi connectivity index (χ3v) is 3.91. The highest BCUT2D eigenvalue weighted by atomic mass is 35.5. The minimum absolute atomic E-state index is 0.218. The van der Waals surface area contributed by atoms with Gasteiger partial charge in [-0.2, -0.15) is 0 Å². The Morgan fingerprint density at radius 1 is 1.31 bits per heavy atom. The lowest BCUT2D eigenvalue weighted by atomic mass is 9.84. The fraction of sp³-hybridized carbons (Fsp3) is 0.538. The van der Waals surface area contributed by atoms with Crippen LogP contribution in [0.5, 0.6) is 0 Å². The second-order valence-electron chi connectivity index (χ2n) is 4.58. The van der Waals surface area contributed by atoms with Crippen LogP contribution in [0.1, 0.15) is 31.2 Å². The number of alkyl halides is 1. The molecule has 0 N–H and O–H groups in total. The molecule has 2 atom stereocenters. The van der Waals surface area contributed by atoms with Crippen molar-refractivity contribution in [3.63, 3.8) is 0 Å². The van der Waals surface area contributed by atoms with Crippen LogP contribution >= 0.6 is 23.2 Å². The highest BCUT2D eigenvalue weighted by molar-refractivity contribution is 6.30. The lowest BCUT2D eigenvalue weighted by Crippen LogP contribution is -2.17. The van der Waals surface area contributed by atoms with Crippen molar-refractivity contribution in [3.8, 4) is 0 Å². The predicted octanol–water partition coefficient (Wildman–Crippen LogP) is 4.82. The average Bonchev–Trinajstić information content (AvgIpc) is 2.24. The van der Waals surface area contributed by atoms with Crippen LogP contribution in [0.15, 0.2) is 18.2 Å². The first-order valence-corrected chi connectivity index (χ1v) is 6.54. The van der Waals surface area contributed by atoms with Crippen LogP contribution in [0.3, 0.4) is 0 Å². The minimum Gasteiger partial charge on any atom is -0.205 e. The quantitative estimate of drug-likeness (QED) is 0.669. The van der Waals surface area contributed by atoms with Gasteiger partial charge >= 0.3 is 0 Å². The van der Waals surface area contributed by atoms with E-state index in [0.29, 0.717) is 11.3 Å². The molecule has 0 nitrogen and oxygen atoms in total. The molecule has 1 aromatic rings. The third kappa shape index (κ3) is 3.11. The first-order chi connectivity index (χ1) is 7.65. The van der Waals surface area contributed by atoms with E-state index in [9.17, 15) is 4.39 Å². The monoisotopic (exact) mass is 260 g/mol. The first kappa shape index (κ1) is 12.2. The van der Waals surface area contributed by atoms with E-state index in [1.165, 1.54) is 18.9 Å². The number of rotatable bonds is 2. The van der Waals surface area contributed by atoms with Crippen molar-refractivity contribution in [1.82, 2.24) is 0 Å². The van der Waals surface area contributed by atoms with Crippen molar-refractivity contribution in [2.45, 2.75) is 37.5 Å². The van der Waals surface area contributed by atoms with Gasteiger partial charge in [-0.25, -0.2) is 4.39 Å². The summed E-state index contributed by atoms with van der Waals surface area (Å²) in [5.74, 6) is 0.280. The zero-order valence-electron chi connectivity index (χ0n) is 9.06. The Morgan fingerprint density at radius 2 is 2.12 bits per heavy atom. The van der Waals surface area contributed by atoms with Gasteiger partial charge in [0, 0.05) is 5.38 Å². The molecule has 0 heterocycles. The summed E-state index contributed by atoms with van der Waals surface area (Å²) in [6.07, 6.45) is 5.58. The molecule has 88 valence electrons. The van der Waals surface area contributed by atoms with Gasteiger partial charge in [0.05, 0.1) is 5.02 Å². The molecule has 0 spiro atoms. The largest absolute Gasteiger partial charge is 0.205 e. The van der Waals surface area contributed by atoms with E-state index in [1.807, 2.05) is 6.07 Å². The minimum atomic E-state index is -0.343. The van der Waals surface area contributed by atoms with E-state index < -0.39 is 0 Å². The Labute approximate surface area is 106 Å². The number of hydrogen-bond donors (Lipinski definition) is 0. The smallest absolute Gasteiger partial charge is 0.141 e. The number of benzene rings is 1. The molecule has 1 fully saturated rings. The zero-order chi connectivity index (χ0) is 11.5. The van der Waals surface area contributed by atoms with Crippen LogP contribution in [0.4, 0.5) is 4.39 Å². The molecule has 0 aromatic heterocycles. The molecule has 0 amide bonds. The molecule has 0 saturated heterocycles. The van der Waals surface area contributed by atoms with Crippen molar-refractivity contribution in [3.05, 3.63) is 34.6 Å². The summed E-state index contributed by atoms with van der Waals surface area (Å²) in [6, 6.07) is 4.99. The maximum absolute atomic E-state index is 13.0. The maximum atomic E-state index is 13.0. The second-order valence-corrected chi connectivity index (χ2v) is 5.61. The van der Waals surface area contributed by atoms with Crippen molar-refractivity contribution < 1.29 is 4.39 Å². The van der Waals surface area contributed by atoms with E-state index in [1.54, 1.807) is 6.07 Å². The highest BCUT2D eigenvalue weighted by Crippen LogP contribution is 2.30. The van der Waals surface area contributed by atoms with Crippen LogP contribution in [0, 0.1) is 11.7 Å². The van der Waals surface area contributed by atoms with Crippen LogP contribution in [0.25, 0.3) is 0 Å². The lowest BCUT2D eigenvalue weighted by Gasteiger charge is -2.25. The van der Waals surface area contributed by atoms with Gasteiger partial charge in [-0.05, 0) is 42.9 Å². The zero-order valence-corrected chi connectivity index (χ0v) is 10.6. The maximum Gasteiger partial charge on any atom is 0.141 e. The lowest BCUT2D eigenvalue weighted by molar-refractivity contribution is 0.361. The normalized spacial score (nSPS) is 25.7. The topological polar surface area (TPSA) is 0 Å². The standard InChI is InChI=1S/C13H15Cl2F/c14-11-3-1-2-9(7-11)6-10-4-5-13(16)12(15)8-10/h4-5,8-9,11H,1-3,6-7H2. The molecule has 2 rings (SSSR count). The number of halogens is 3. The van der Waals surface area contributed by atoms with Gasteiger partial charge in [0.15, 0.2) is 0 Å². The molecule has 1 aliphatic carbocycles. The van der Waals surface area contributed by atoms with Crippen LogP contribution < -0.4 is 0 Å². The predicted molar refractivity (Wildman–Crippen MR) is 66.7 cm³/mol. The van der Waals surface area contributed by atoms with E-state index in [0.717, 1.165) is 24.8 Å². The Bertz CT molecular complexity index is 365. The molecule has 2 unspecified atom stereocenters. The molecule has 1 aliphatic rings. The van der Waals surface area contributed by atoms with Gasteiger partial charge in [0.25, 0.3) is 0 Å². The molecule has 16 heavy (non-hydrogen) atoms. The fourth-order valence-electron chi connectivity index (χ4n) is 2.41. The molecular weight excluding hydrogens is 246 g/mol. The Hall–Kier alpha value is -0.270. The van der Waals surface area contributed by atoms with Crippen molar-refractivity contribution in [2.24, 2.45) is 5.92 Å². The molecule has 1 saturated carbocycles. The van der Waals surface area contributed by atoms with Crippen molar-refractivity contribution >= 4 is 23.2 Å². The summed E-state index contributed by atoms with van der Waals surface area (Å²) in [7, 11) is 0. The van der Waals surface area contributed by atoms with Crippen molar-refractivity contribution in [2.75, 3.05) is 0 Å². The third-order valence-electron chi connectivity index (χ3n) is 3.23. The molecule has 0 bridgehead atoms. The van der Waals surface area contributed by atoms with Crippen molar-refractivity contribution in [1.29, 1.82) is 0 Å². The SMILES string of the molecule is Fc1ccc(CC2CCCC(Cl)C2)cc1Cl. The Morgan fingerprint density at radius 3 is 2.81 bits per heavy atom. The molecule has 0 radical (unpaired) electrons. The Balaban J connectivity index is 2.00. The fourth-order valence-corrected chi connectivity index (χ4v) is 3.02. The highest BCUT2D eigenvalue weighted by Gasteiger charge is 2.20. The summed E-state index contributed by atoms with van der Waals surface area (Å²) >= 11 is 11.9. The van der Waals surface area contributed by atoms with Gasteiger partial charge in [-0.15, -0.1) is 11.6 Å². The summed E-state index contributed by atoms with van der Waals surface area (Å²) in [5, 5.41) is 0.533. The first-order valence-electron chi connectivity index (χ1n) is 5.73. The summed E-state index contributed by atoms with van der Waals surface area (Å²) < 4.78 is 13.0. The van der Waals surface area contributed by atoms with Crippen LogP contribution in [-0.4, -0.2) is 5.38 Å². The van der Waals surface area contributed by atoms with E-state index in [2.05, 4.69) is 0 Å². The van der Waals surface area contributed by atoms with E-state index in [-0.39, 0.29) is 10.8 Å². The average molecular weight is 261 g/mol. The van der Waals surface area contributed by atoms with Gasteiger partial charge in [0.2, 0.25) is 0 Å². The molecule has 3 heteroatoms. The summed E-state index contributed by atoms with van der Waals surface area (Å²) in [5.41, 5.74) is 1.11. The van der Waals surface area contributed by atoms with E-state index >= 15 is 0 Å². The van der Waals surface area contributed by atoms with Gasteiger partial charge in [-0.3, -0.25) is 0 Å². The Kier molecular flexibility index (Phi) is 4.10. The van der Waals surface area contributed by atoms with Gasteiger partial charge in [0.1, 0.15) is 5.82 Å². The van der Waals surface area contributed by atoms with Crippen LogP contribution in [-0.2, 0) is 6.42 Å². The molecule has 0 aliphatic heterocycles. The summed E-state index contributed by atoms with van der Waals surface area (Å²) in [6.45, 7) is 0. The van der Waals surface area contributed by atoms with E-state index in [4.69, 9.17) is 23.2 Å². The molecular formula is C13H15Cl2F. The van der Waals surface area contributed by atoms with Gasteiger partial charge < -0.3 is 0 Å². The second kappa shape index (κ2) is 5.37. The van der Waals surface area contributed by atoms with Gasteiger partial charge in [-0.1, -0.05) is 30.5 Å².